The Morgan fingerprint density at radius 1 is 1.29 bits per heavy atom. The van der Waals surface area contributed by atoms with Gasteiger partial charge in [0.05, 0.1) is 6.20 Å². The summed E-state index contributed by atoms with van der Waals surface area (Å²) in [4.78, 5) is 4.17. The molecule has 1 aromatic heterocycles. The van der Waals surface area contributed by atoms with Gasteiger partial charge in [-0.05, 0) is 31.5 Å². The Hall–Kier alpha value is -1.77. The monoisotopic (exact) mass is 188 g/mol. The Kier molecular flexibility index (Phi) is 2.00. The summed E-state index contributed by atoms with van der Waals surface area (Å²) in [5.41, 5.74) is 8.52. The summed E-state index contributed by atoms with van der Waals surface area (Å²) >= 11 is 0. The summed E-state index contributed by atoms with van der Waals surface area (Å²) in [5, 5.41) is 0. The van der Waals surface area contributed by atoms with E-state index in [0.717, 1.165) is 22.6 Å². The molecule has 0 aliphatic carbocycles. The Balaban J connectivity index is 2.57. The molecular weight excluding hydrogens is 176 g/mol. The standard InChI is InChI=1S/C11H12N2O/c1-7-6-13-11(14-7)9-4-3-5-10(12)8(9)2/h3-6H,12H2,1-2H3. The van der Waals surface area contributed by atoms with Gasteiger partial charge in [-0.3, -0.25) is 0 Å². The summed E-state index contributed by atoms with van der Waals surface area (Å²) in [6.07, 6.45) is 1.71. The molecule has 0 aliphatic rings. The number of oxazole rings is 1. The van der Waals surface area contributed by atoms with E-state index in [1.165, 1.54) is 0 Å². The van der Waals surface area contributed by atoms with Crippen LogP contribution in [0.2, 0.25) is 0 Å². The molecule has 0 saturated carbocycles. The zero-order valence-corrected chi connectivity index (χ0v) is 8.24. The molecule has 0 spiro atoms. The van der Waals surface area contributed by atoms with E-state index in [4.69, 9.17) is 10.2 Å². The number of rotatable bonds is 1. The molecule has 3 heteroatoms. The van der Waals surface area contributed by atoms with Gasteiger partial charge in [0.25, 0.3) is 0 Å². The predicted molar refractivity (Wildman–Crippen MR) is 55.8 cm³/mol. The molecule has 0 fully saturated rings. The van der Waals surface area contributed by atoms with E-state index in [1.807, 2.05) is 32.0 Å². The van der Waals surface area contributed by atoms with E-state index in [2.05, 4.69) is 4.98 Å². The number of hydrogen-bond acceptors (Lipinski definition) is 3. The van der Waals surface area contributed by atoms with Crippen molar-refractivity contribution in [3.8, 4) is 11.5 Å². The van der Waals surface area contributed by atoms with Gasteiger partial charge in [-0.25, -0.2) is 4.98 Å². The minimum Gasteiger partial charge on any atom is -0.441 e. The zero-order valence-electron chi connectivity index (χ0n) is 8.24. The van der Waals surface area contributed by atoms with Gasteiger partial charge in [-0.1, -0.05) is 6.07 Å². The van der Waals surface area contributed by atoms with Crippen molar-refractivity contribution in [2.45, 2.75) is 13.8 Å². The first-order valence-corrected chi connectivity index (χ1v) is 4.46. The van der Waals surface area contributed by atoms with Gasteiger partial charge in [0.15, 0.2) is 0 Å². The van der Waals surface area contributed by atoms with E-state index < -0.39 is 0 Å². The highest BCUT2D eigenvalue weighted by Crippen LogP contribution is 2.26. The van der Waals surface area contributed by atoms with Crippen LogP contribution in [-0.2, 0) is 0 Å². The van der Waals surface area contributed by atoms with Gasteiger partial charge >= 0.3 is 0 Å². The molecule has 2 N–H and O–H groups in total. The van der Waals surface area contributed by atoms with Crippen LogP contribution in [0.5, 0.6) is 0 Å². The number of nitrogens with two attached hydrogens (primary N) is 1. The first-order valence-electron chi connectivity index (χ1n) is 4.46. The highest BCUT2D eigenvalue weighted by molar-refractivity contribution is 5.66. The number of anilines is 1. The summed E-state index contributed by atoms with van der Waals surface area (Å²) in [7, 11) is 0. The van der Waals surface area contributed by atoms with Gasteiger partial charge in [-0.2, -0.15) is 0 Å². The van der Waals surface area contributed by atoms with Crippen LogP contribution in [0.25, 0.3) is 11.5 Å². The van der Waals surface area contributed by atoms with Crippen LogP contribution in [0.3, 0.4) is 0 Å². The molecule has 0 atom stereocenters. The summed E-state index contributed by atoms with van der Waals surface area (Å²) in [5.74, 6) is 1.44. The molecule has 0 aliphatic heterocycles. The van der Waals surface area contributed by atoms with Crippen LogP contribution in [0.1, 0.15) is 11.3 Å². The lowest BCUT2D eigenvalue weighted by atomic mass is 10.1. The van der Waals surface area contributed by atoms with E-state index in [9.17, 15) is 0 Å². The van der Waals surface area contributed by atoms with Gasteiger partial charge < -0.3 is 10.2 Å². The van der Waals surface area contributed by atoms with Gasteiger partial charge in [0.2, 0.25) is 5.89 Å². The van der Waals surface area contributed by atoms with Crippen LogP contribution < -0.4 is 5.73 Å². The van der Waals surface area contributed by atoms with E-state index >= 15 is 0 Å². The molecule has 0 unspecified atom stereocenters. The molecule has 14 heavy (non-hydrogen) atoms. The predicted octanol–water partition coefficient (Wildman–Crippen LogP) is 2.54. The minimum absolute atomic E-state index is 0.632. The van der Waals surface area contributed by atoms with Crippen LogP contribution in [0.4, 0.5) is 5.69 Å². The Morgan fingerprint density at radius 2 is 2.07 bits per heavy atom. The number of aryl methyl sites for hydroxylation is 1. The minimum atomic E-state index is 0.632. The van der Waals surface area contributed by atoms with Crippen molar-refractivity contribution >= 4 is 5.69 Å². The largest absolute Gasteiger partial charge is 0.441 e. The molecule has 0 radical (unpaired) electrons. The Bertz CT molecular complexity index is 460. The lowest BCUT2D eigenvalue weighted by Crippen LogP contribution is -1.91. The van der Waals surface area contributed by atoms with Crippen LogP contribution in [-0.4, -0.2) is 4.98 Å². The van der Waals surface area contributed by atoms with Crippen molar-refractivity contribution in [3.05, 3.63) is 35.7 Å². The topological polar surface area (TPSA) is 52.0 Å². The molecule has 0 bridgehead atoms. The normalized spacial score (nSPS) is 10.4. The Morgan fingerprint density at radius 3 is 2.71 bits per heavy atom. The van der Waals surface area contributed by atoms with E-state index in [-0.39, 0.29) is 0 Å². The quantitative estimate of drug-likeness (QED) is 0.699. The number of nitrogen functional groups attached to an aromatic ring is 1. The SMILES string of the molecule is Cc1cnc(-c2cccc(N)c2C)o1. The van der Waals surface area contributed by atoms with Crippen molar-refractivity contribution in [1.29, 1.82) is 0 Å². The molecule has 1 aromatic carbocycles. The first-order chi connectivity index (χ1) is 6.68. The average Bonchev–Trinajstić information content (AvgIpc) is 2.57. The number of benzene rings is 1. The second-order valence-electron chi connectivity index (χ2n) is 3.30. The number of hydrogen-bond donors (Lipinski definition) is 1. The second kappa shape index (κ2) is 3.18. The summed E-state index contributed by atoms with van der Waals surface area (Å²) in [6, 6.07) is 5.72. The van der Waals surface area contributed by atoms with Crippen LogP contribution in [0.15, 0.2) is 28.8 Å². The highest BCUT2D eigenvalue weighted by Gasteiger charge is 2.08. The molecule has 0 amide bonds. The van der Waals surface area contributed by atoms with Crippen molar-refractivity contribution in [2.24, 2.45) is 0 Å². The lowest BCUT2D eigenvalue weighted by Gasteiger charge is -2.03. The maximum Gasteiger partial charge on any atom is 0.226 e. The van der Waals surface area contributed by atoms with Crippen molar-refractivity contribution in [2.75, 3.05) is 5.73 Å². The molecule has 2 rings (SSSR count). The van der Waals surface area contributed by atoms with Crippen molar-refractivity contribution in [1.82, 2.24) is 4.98 Å². The van der Waals surface area contributed by atoms with E-state index in [1.54, 1.807) is 6.20 Å². The molecule has 0 saturated heterocycles. The third-order valence-electron chi connectivity index (χ3n) is 2.23. The van der Waals surface area contributed by atoms with Crippen molar-refractivity contribution < 1.29 is 4.42 Å². The number of aromatic nitrogens is 1. The Labute approximate surface area is 82.6 Å². The molecule has 2 aromatic rings. The van der Waals surface area contributed by atoms with Crippen LogP contribution in [0, 0.1) is 13.8 Å². The summed E-state index contributed by atoms with van der Waals surface area (Å²) < 4.78 is 5.44. The van der Waals surface area contributed by atoms with Gasteiger partial charge in [-0.15, -0.1) is 0 Å². The zero-order chi connectivity index (χ0) is 10.1. The van der Waals surface area contributed by atoms with Crippen molar-refractivity contribution in [3.63, 3.8) is 0 Å². The maximum absolute atomic E-state index is 5.80. The maximum atomic E-state index is 5.80. The third-order valence-corrected chi connectivity index (χ3v) is 2.23. The fourth-order valence-corrected chi connectivity index (χ4v) is 1.36. The third kappa shape index (κ3) is 1.37. The van der Waals surface area contributed by atoms with Gasteiger partial charge in [0, 0.05) is 11.3 Å². The number of nitrogens with zero attached hydrogens (tertiary/aromatic N) is 1. The van der Waals surface area contributed by atoms with Gasteiger partial charge in [0.1, 0.15) is 5.76 Å². The molecule has 72 valence electrons. The molecule has 1 heterocycles. The second-order valence-corrected chi connectivity index (χ2v) is 3.30. The van der Waals surface area contributed by atoms with E-state index in [0.29, 0.717) is 5.89 Å². The molecular formula is C11H12N2O. The average molecular weight is 188 g/mol. The lowest BCUT2D eigenvalue weighted by molar-refractivity contribution is 0.542. The first kappa shape index (κ1) is 8.81. The summed E-state index contributed by atoms with van der Waals surface area (Å²) in [6.45, 7) is 3.84. The fourth-order valence-electron chi connectivity index (χ4n) is 1.36. The highest BCUT2D eigenvalue weighted by atomic mass is 16.4. The molecule has 3 nitrogen and oxygen atoms in total. The van der Waals surface area contributed by atoms with Crippen LogP contribution >= 0.6 is 0 Å². The fraction of sp³-hybridized carbons (Fsp3) is 0.182. The smallest absolute Gasteiger partial charge is 0.226 e.